The third kappa shape index (κ3) is 4.31. The zero-order valence-electron chi connectivity index (χ0n) is 9.93. The number of unbranched alkanes of at least 4 members (excludes halogenated alkanes) is 1. The van der Waals surface area contributed by atoms with E-state index in [1.807, 2.05) is 19.9 Å². The Bertz CT molecular complexity index is 253. The summed E-state index contributed by atoms with van der Waals surface area (Å²) < 4.78 is 0. The molecule has 14 heavy (non-hydrogen) atoms. The molecule has 80 valence electrons. The fourth-order valence-corrected chi connectivity index (χ4v) is 1.27. The minimum atomic E-state index is 0.898. The molecule has 0 atom stereocenters. The van der Waals surface area contributed by atoms with Crippen LogP contribution in [0.15, 0.2) is 18.2 Å². The van der Waals surface area contributed by atoms with Gasteiger partial charge in [-0.2, -0.15) is 0 Å². The lowest BCUT2D eigenvalue weighted by Gasteiger charge is -2.03. The highest BCUT2D eigenvalue weighted by molar-refractivity contribution is 5.47. The number of hydrogen-bond donors (Lipinski definition) is 1. The number of benzene rings is 1. The highest BCUT2D eigenvalue weighted by Gasteiger charge is 1.95. The SMILES string of the molecule is CC.CCCCc1ccc(N)c(C)c1. The van der Waals surface area contributed by atoms with Gasteiger partial charge in [-0.05, 0) is 37.0 Å². The van der Waals surface area contributed by atoms with Gasteiger partial charge in [-0.25, -0.2) is 0 Å². The molecule has 0 aliphatic heterocycles. The summed E-state index contributed by atoms with van der Waals surface area (Å²) in [5, 5.41) is 0. The first-order chi connectivity index (χ1) is 6.74. The van der Waals surface area contributed by atoms with E-state index < -0.39 is 0 Å². The smallest absolute Gasteiger partial charge is 0.0343 e. The van der Waals surface area contributed by atoms with Gasteiger partial charge in [0.25, 0.3) is 0 Å². The summed E-state index contributed by atoms with van der Waals surface area (Å²) in [6.07, 6.45) is 3.70. The summed E-state index contributed by atoms with van der Waals surface area (Å²) >= 11 is 0. The van der Waals surface area contributed by atoms with Crippen molar-refractivity contribution >= 4 is 5.69 Å². The third-order valence-electron chi connectivity index (χ3n) is 2.15. The van der Waals surface area contributed by atoms with E-state index in [0.717, 1.165) is 5.69 Å². The molecule has 0 saturated carbocycles. The molecule has 0 aromatic heterocycles. The van der Waals surface area contributed by atoms with Crippen LogP contribution in [0.3, 0.4) is 0 Å². The molecule has 0 saturated heterocycles. The Morgan fingerprint density at radius 2 is 1.86 bits per heavy atom. The van der Waals surface area contributed by atoms with Crippen LogP contribution in [0.1, 0.15) is 44.7 Å². The van der Waals surface area contributed by atoms with Crippen molar-refractivity contribution in [3.05, 3.63) is 29.3 Å². The summed E-state index contributed by atoms with van der Waals surface area (Å²) in [7, 11) is 0. The highest BCUT2D eigenvalue weighted by Crippen LogP contribution is 2.14. The first-order valence-corrected chi connectivity index (χ1v) is 5.59. The number of hydrogen-bond acceptors (Lipinski definition) is 1. The molecule has 1 rings (SSSR count). The van der Waals surface area contributed by atoms with Gasteiger partial charge >= 0.3 is 0 Å². The van der Waals surface area contributed by atoms with E-state index >= 15 is 0 Å². The Labute approximate surface area is 88.3 Å². The summed E-state index contributed by atoms with van der Waals surface area (Å²) in [6, 6.07) is 6.31. The van der Waals surface area contributed by atoms with Gasteiger partial charge in [-0.15, -0.1) is 0 Å². The topological polar surface area (TPSA) is 26.0 Å². The molecule has 1 nitrogen and oxygen atoms in total. The van der Waals surface area contributed by atoms with Crippen molar-refractivity contribution < 1.29 is 0 Å². The lowest BCUT2D eigenvalue weighted by Crippen LogP contribution is -1.91. The van der Waals surface area contributed by atoms with Gasteiger partial charge in [0.05, 0.1) is 0 Å². The van der Waals surface area contributed by atoms with E-state index in [-0.39, 0.29) is 0 Å². The second kappa shape index (κ2) is 7.43. The minimum Gasteiger partial charge on any atom is -0.399 e. The largest absolute Gasteiger partial charge is 0.399 e. The van der Waals surface area contributed by atoms with Crippen LogP contribution >= 0.6 is 0 Å². The summed E-state index contributed by atoms with van der Waals surface area (Å²) in [4.78, 5) is 0. The molecule has 0 bridgehead atoms. The predicted molar refractivity (Wildman–Crippen MR) is 65.6 cm³/mol. The van der Waals surface area contributed by atoms with Gasteiger partial charge in [-0.1, -0.05) is 39.3 Å². The van der Waals surface area contributed by atoms with Crippen molar-refractivity contribution in [3.63, 3.8) is 0 Å². The molecule has 0 unspecified atom stereocenters. The van der Waals surface area contributed by atoms with Crippen molar-refractivity contribution in [2.24, 2.45) is 0 Å². The molecular formula is C13H23N. The Hall–Kier alpha value is -0.980. The van der Waals surface area contributed by atoms with Crippen LogP contribution < -0.4 is 5.73 Å². The normalized spacial score (nSPS) is 9.14. The van der Waals surface area contributed by atoms with Crippen LogP contribution in [-0.2, 0) is 6.42 Å². The Balaban J connectivity index is 0.000000791. The van der Waals surface area contributed by atoms with Crippen molar-refractivity contribution in [2.45, 2.75) is 47.0 Å². The van der Waals surface area contributed by atoms with E-state index in [1.54, 1.807) is 0 Å². The molecule has 1 heteroatoms. The van der Waals surface area contributed by atoms with Crippen LogP contribution in [0.2, 0.25) is 0 Å². The molecule has 0 heterocycles. The minimum absolute atomic E-state index is 0.898. The fraction of sp³-hybridized carbons (Fsp3) is 0.538. The number of nitrogens with two attached hydrogens (primary N) is 1. The zero-order valence-corrected chi connectivity index (χ0v) is 9.93. The molecule has 0 fully saturated rings. The lowest BCUT2D eigenvalue weighted by molar-refractivity contribution is 0.794. The second-order valence-corrected chi connectivity index (χ2v) is 3.29. The van der Waals surface area contributed by atoms with E-state index in [0.29, 0.717) is 0 Å². The van der Waals surface area contributed by atoms with Crippen LogP contribution in [0.5, 0.6) is 0 Å². The molecule has 0 aliphatic carbocycles. The molecule has 0 aliphatic rings. The van der Waals surface area contributed by atoms with E-state index in [1.165, 1.54) is 30.4 Å². The average molecular weight is 193 g/mol. The lowest BCUT2D eigenvalue weighted by atomic mass is 10.1. The summed E-state index contributed by atoms with van der Waals surface area (Å²) in [6.45, 7) is 8.27. The van der Waals surface area contributed by atoms with Crippen molar-refractivity contribution in [1.82, 2.24) is 0 Å². The Morgan fingerprint density at radius 3 is 2.36 bits per heavy atom. The predicted octanol–water partition coefficient (Wildman–Crippen LogP) is 3.95. The maximum Gasteiger partial charge on any atom is 0.0343 e. The van der Waals surface area contributed by atoms with E-state index in [9.17, 15) is 0 Å². The maximum atomic E-state index is 5.72. The molecule has 0 spiro atoms. The van der Waals surface area contributed by atoms with Gasteiger partial charge in [-0.3, -0.25) is 0 Å². The molecule has 0 radical (unpaired) electrons. The summed E-state index contributed by atoms with van der Waals surface area (Å²) in [5.74, 6) is 0. The number of rotatable bonds is 3. The monoisotopic (exact) mass is 193 g/mol. The molecular weight excluding hydrogens is 170 g/mol. The van der Waals surface area contributed by atoms with Crippen LogP contribution in [0, 0.1) is 6.92 Å². The van der Waals surface area contributed by atoms with Crippen molar-refractivity contribution in [3.8, 4) is 0 Å². The van der Waals surface area contributed by atoms with Gasteiger partial charge in [0.15, 0.2) is 0 Å². The second-order valence-electron chi connectivity index (χ2n) is 3.29. The number of nitrogen functional groups attached to an aromatic ring is 1. The Kier molecular flexibility index (Phi) is 6.91. The third-order valence-corrected chi connectivity index (χ3v) is 2.15. The molecule has 2 N–H and O–H groups in total. The standard InChI is InChI=1S/C11H17N.C2H6/c1-3-4-5-10-6-7-11(12)9(2)8-10;1-2/h6-8H,3-5,12H2,1-2H3;1-2H3. The molecule has 0 amide bonds. The van der Waals surface area contributed by atoms with Gasteiger partial charge in [0.2, 0.25) is 0 Å². The van der Waals surface area contributed by atoms with Crippen LogP contribution in [0.25, 0.3) is 0 Å². The quantitative estimate of drug-likeness (QED) is 0.723. The van der Waals surface area contributed by atoms with E-state index in [4.69, 9.17) is 5.73 Å². The zero-order chi connectivity index (χ0) is 11.0. The van der Waals surface area contributed by atoms with Gasteiger partial charge in [0, 0.05) is 5.69 Å². The number of anilines is 1. The van der Waals surface area contributed by atoms with Crippen molar-refractivity contribution in [2.75, 3.05) is 5.73 Å². The summed E-state index contributed by atoms with van der Waals surface area (Å²) in [5.41, 5.74) is 9.22. The molecule has 1 aromatic carbocycles. The van der Waals surface area contributed by atoms with Crippen molar-refractivity contribution in [1.29, 1.82) is 0 Å². The Morgan fingerprint density at radius 1 is 1.21 bits per heavy atom. The van der Waals surface area contributed by atoms with Crippen LogP contribution in [0.4, 0.5) is 5.69 Å². The first-order valence-electron chi connectivity index (χ1n) is 5.59. The van der Waals surface area contributed by atoms with E-state index in [2.05, 4.69) is 26.0 Å². The fourth-order valence-electron chi connectivity index (χ4n) is 1.27. The van der Waals surface area contributed by atoms with Gasteiger partial charge in [0.1, 0.15) is 0 Å². The highest BCUT2D eigenvalue weighted by atomic mass is 14.5. The molecule has 1 aromatic rings. The van der Waals surface area contributed by atoms with Gasteiger partial charge < -0.3 is 5.73 Å². The average Bonchev–Trinajstić information content (AvgIpc) is 2.23. The maximum absolute atomic E-state index is 5.72. The van der Waals surface area contributed by atoms with Crippen LogP contribution in [-0.4, -0.2) is 0 Å². The number of aryl methyl sites for hydroxylation is 2. The first kappa shape index (κ1) is 13.0.